The Labute approximate surface area is 110 Å². The Kier molecular flexibility index (Phi) is 4.65. The summed E-state index contributed by atoms with van der Waals surface area (Å²) in [5.41, 5.74) is 3.81. The van der Waals surface area contributed by atoms with Gasteiger partial charge in [-0.2, -0.15) is 0 Å². The van der Waals surface area contributed by atoms with Gasteiger partial charge in [-0.1, -0.05) is 13.8 Å². The van der Waals surface area contributed by atoms with Crippen LogP contribution in [-0.4, -0.2) is 31.1 Å². The van der Waals surface area contributed by atoms with E-state index < -0.39 is 0 Å². The average Bonchev–Trinajstić information content (AvgIpc) is 2.26. The van der Waals surface area contributed by atoms with Crippen LogP contribution in [0.4, 0.5) is 5.69 Å². The predicted molar refractivity (Wildman–Crippen MR) is 76.9 cm³/mol. The monoisotopic (exact) mass is 246 g/mol. The minimum Gasteiger partial charge on any atom is -0.369 e. The molecule has 0 amide bonds. The topological polar surface area (TPSA) is 32.7 Å². The molecule has 0 aliphatic rings. The van der Waals surface area contributed by atoms with E-state index in [1.807, 2.05) is 58.8 Å². The average molecular weight is 246 g/mol. The number of benzene rings is 1. The maximum absolute atomic E-state index is 12.0. The smallest absolute Gasteiger partial charge is 0.165 e. The van der Waals surface area contributed by atoms with Crippen molar-refractivity contribution >= 4 is 17.8 Å². The highest BCUT2D eigenvalue weighted by Gasteiger charge is 2.13. The van der Waals surface area contributed by atoms with Gasteiger partial charge in [-0.05, 0) is 37.1 Å². The molecule has 0 spiro atoms. The van der Waals surface area contributed by atoms with Crippen molar-refractivity contribution in [3.8, 4) is 0 Å². The van der Waals surface area contributed by atoms with Crippen LogP contribution in [0.3, 0.4) is 0 Å². The molecule has 0 fully saturated rings. The zero-order valence-electron chi connectivity index (χ0n) is 12.1. The van der Waals surface area contributed by atoms with Crippen molar-refractivity contribution in [3.63, 3.8) is 0 Å². The van der Waals surface area contributed by atoms with Crippen molar-refractivity contribution in [1.29, 1.82) is 0 Å². The van der Waals surface area contributed by atoms with Crippen molar-refractivity contribution in [2.45, 2.75) is 27.7 Å². The predicted octanol–water partition coefficient (Wildman–Crippen LogP) is 3.36. The molecular formula is C15H22N2O. The van der Waals surface area contributed by atoms with E-state index in [4.69, 9.17) is 0 Å². The molecule has 1 aromatic carbocycles. The lowest BCUT2D eigenvalue weighted by Gasteiger charge is -2.11. The molecule has 0 aliphatic heterocycles. The molecule has 3 nitrogen and oxygen atoms in total. The first-order valence-electron chi connectivity index (χ1n) is 6.19. The summed E-state index contributed by atoms with van der Waals surface area (Å²) in [7, 11) is 3.87. The third kappa shape index (κ3) is 3.42. The maximum atomic E-state index is 12.0. The molecule has 0 unspecified atom stereocenters. The lowest BCUT2D eigenvalue weighted by Crippen LogP contribution is -2.09. The molecule has 0 atom stereocenters. The minimum atomic E-state index is 0.0277. The summed E-state index contributed by atoms with van der Waals surface area (Å²) >= 11 is 0. The van der Waals surface area contributed by atoms with Crippen LogP contribution >= 0.6 is 0 Å². The Balaban J connectivity index is 3.16. The fourth-order valence-corrected chi connectivity index (χ4v) is 1.81. The Hall–Kier alpha value is -1.64. The molecule has 0 aliphatic carbocycles. The SMILES string of the molecule is Cc1cc(C(=O)C(C)C)cc(C)c1/N=C/N(C)C. The standard InChI is InChI=1S/C15H22N2O/c1-10(2)15(18)13-7-11(3)14(12(4)8-13)16-9-17(5)6/h7-10H,1-6H3/b16-9+. The van der Waals surface area contributed by atoms with Gasteiger partial charge in [0.2, 0.25) is 0 Å². The highest BCUT2D eigenvalue weighted by atomic mass is 16.1. The van der Waals surface area contributed by atoms with Gasteiger partial charge in [0.15, 0.2) is 5.78 Å². The van der Waals surface area contributed by atoms with E-state index in [0.29, 0.717) is 0 Å². The zero-order chi connectivity index (χ0) is 13.9. The summed E-state index contributed by atoms with van der Waals surface area (Å²) in [6.07, 6.45) is 1.78. The molecule has 0 heterocycles. The minimum absolute atomic E-state index is 0.0277. The summed E-state index contributed by atoms with van der Waals surface area (Å²) in [5, 5.41) is 0. The van der Waals surface area contributed by atoms with Gasteiger partial charge in [0, 0.05) is 25.6 Å². The van der Waals surface area contributed by atoms with E-state index in [1.54, 1.807) is 6.34 Å². The van der Waals surface area contributed by atoms with Crippen molar-refractivity contribution in [3.05, 3.63) is 28.8 Å². The third-order valence-electron chi connectivity index (χ3n) is 2.72. The maximum Gasteiger partial charge on any atom is 0.165 e. The van der Waals surface area contributed by atoms with Crippen molar-refractivity contribution < 1.29 is 4.79 Å². The molecular weight excluding hydrogens is 224 g/mol. The zero-order valence-corrected chi connectivity index (χ0v) is 12.1. The number of rotatable bonds is 4. The van der Waals surface area contributed by atoms with Gasteiger partial charge in [-0.3, -0.25) is 4.79 Å². The van der Waals surface area contributed by atoms with Crippen LogP contribution in [-0.2, 0) is 0 Å². The Bertz CT molecular complexity index is 450. The van der Waals surface area contributed by atoms with Crippen LogP contribution in [0.5, 0.6) is 0 Å². The van der Waals surface area contributed by atoms with Crippen LogP contribution in [0.2, 0.25) is 0 Å². The fraction of sp³-hybridized carbons (Fsp3) is 0.467. The molecule has 0 N–H and O–H groups in total. The highest BCUT2D eigenvalue weighted by Crippen LogP contribution is 2.26. The van der Waals surface area contributed by atoms with Crippen LogP contribution in [0.15, 0.2) is 17.1 Å². The Morgan fingerprint density at radius 1 is 1.22 bits per heavy atom. The number of ketones is 1. The highest BCUT2D eigenvalue weighted by molar-refractivity contribution is 5.98. The number of Topliss-reactive ketones (excluding diaryl/α,β-unsaturated/α-hetero) is 1. The molecule has 0 bridgehead atoms. The van der Waals surface area contributed by atoms with Gasteiger partial charge in [0.1, 0.15) is 0 Å². The van der Waals surface area contributed by atoms with Crippen molar-refractivity contribution in [1.82, 2.24) is 4.90 Å². The molecule has 0 saturated carbocycles. The van der Waals surface area contributed by atoms with E-state index in [9.17, 15) is 4.79 Å². The van der Waals surface area contributed by atoms with Crippen LogP contribution in [0, 0.1) is 19.8 Å². The van der Waals surface area contributed by atoms with Crippen molar-refractivity contribution in [2.24, 2.45) is 10.9 Å². The van der Waals surface area contributed by atoms with Crippen molar-refractivity contribution in [2.75, 3.05) is 14.1 Å². The number of hydrogen-bond donors (Lipinski definition) is 0. The van der Waals surface area contributed by atoms with Gasteiger partial charge in [-0.25, -0.2) is 4.99 Å². The first-order chi connectivity index (χ1) is 8.32. The van der Waals surface area contributed by atoms with Gasteiger partial charge < -0.3 is 4.90 Å². The first kappa shape index (κ1) is 14.4. The largest absolute Gasteiger partial charge is 0.369 e. The quantitative estimate of drug-likeness (QED) is 0.463. The van der Waals surface area contributed by atoms with E-state index in [2.05, 4.69) is 4.99 Å². The second-order valence-corrected chi connectivity index (χ2v) is 5.19. The lowest BCUT2D eigenvalue weighted by molar-refractivity contribution is 0.0939. The summed E-state index contributed by atoms with van der Waals surface area (Å²) in [6.45, 7) is 7.83. The number of hydrogen-bond acceptors (Lipinski definition) is 2. The van der Waals surface area contributed by atoms with Gasteiger partial charge >= 0.3 is 0 Å². The molecule has 3 heteroatoms. The first-order valence-corrected chi connectivity index (χ1v) is 6.19. The van der Waals surface area contributed by atoms with Crippen LogP contribution < -0.4 is 0 Å². The number of carbonyl (C=O) groups is 1. The van der Waals surface area contributed by atoms with E-state index in [-0.39, 0.29) is 11.7 Å². The van der Waals surface area contributed by atoms with Gasteiger partial charge in [0.25, 0.3) is 0 Å². The number of aryl methyl sites for hydroxylation is 2. The number of carbonyl (C=O) groups excluding carboxylic acids is 1. The fourth-order valence-electron chi connectivity index (χ4n) is 1.81. The lowest BCUT2D eigenvalue weighted by atomic mass is 9.96. The number of nitrogens with zero attached hydrogens (tertiary/aromatic N) is 2. The molecule has 98 valence electrons. The molecule has 0 aromatic heterocycles. The summed E-state index contributed by atoms with van der Waals surface area (Å²) in [4.78, 5) is 18.3. The van der Waals surface area contributed by atoms with E-state index in [0.717, 1.165) is 22.4 Å². The third-order valence-corrected chi connectivity index (χ3v) is 2.72. The molecule has 1 rings (SSSR count). The Morgan fingerprint density at radius 2 is 1.72 bits per heavy atom. The molecule has 0 radical (unpaired) electrons. The molecule has 0 saturated heterocycles. The normalized spacial score (nSPS) is 11.3. The number of aliphatic imine (C=N–C) groups is 1. The van der Waals surface area contributed by atoms with Gasteiger partial charge in [-0.15, -0.1) is 0 Å². The van der Waals surface area contributed by atoms with Gasteiger partial charge in [0.05, 0.1) is 12.0 Å². The van der Waals surface area contributed by atoms with Crippen LogP contribution in [0.1, 0.15) is 35.3 Å². The summed E-state index contributed by atoms with van der Waals surface area (Å²) < 4.78 is 0. The van der Waals surface area contributed by atoms with Crippen LogP contribution in [0.25, 0.3) is 0 Å². The molecule has 1 aromatic rings. The summed E-state index contributed by atoms with van der Waals surface area (Å²) in [5.74, 6) is 0.212. The van der Waals surface area contributed by atoms with E-state index >= 15 is 0 Å². The van der Waals surface area contributed by atoms with E-state index in [1.165, 1.54) is 0 Å². The molecule has 18 heavy (non-hydrogen) atoms. The second-order valence-electron chi connectivity index (χ2n) is 5.19. The Morgan fingerprint density at radius 3 is 2.11 bits per heavy atom. The summed E-state index contributed by atoms with van der Waals surface area (Å²) in [6, 6.07) is 3.86. The second kappa shape index (κ2) is 5.80.